The maximum atomic E-state index is 11.5. The molecule has 4 N–H and O–H groups in total. The summed E-state index contributed by atoms with van der Waals surface area (Å²) in [6.45, 7) is 0.417. The Morgan fingerprint density at radius 1 is 1.37 bits per heavy atom. The number of carbonyl (C=O) groups excluding carboxylic acids is 1. The molecule has 0 unspecified atom stereocenters. The third-order valence-electron chi connectivity index (χ3n) is 2.79. The van der Waals surface area contributed by atoms with Crippen LogP contribution in [0.1, 0.15) is 16.1 Å². The molecule has 0 atom stereocenters. The van der Waals surface area contributed by atoms with Crippen molar-refractivity contribution in [3.05, 3.63) is 47.9 Å². The lowest BCUT2D eigenvalue weighted by atomic mass is 10.2. The van der Waals surface area contributed by atoms with E-state index in [9.17, 15) is 9.90 Å². The van der Waals surface area contributed by atoms with Crippen molar-refractivity contribution >= 4 is 11.6 Å². The van der Waals surface area contributed by atoms with Gasteiger partial charge in [0.05, 0.1) is 18.4 Å². The molecule has 1 heterocycles. The number of nitrogens with zero attached hydrogens (tertiary/aromatic N) is 1. The number of hydrogen-bond donors (Lipinski definition) is 3. The fourth-order valence-electron chi connectivity index (χ4n) is 1.76. The predicted molar refractivity (Wildman–Crippen MR) is 70.6 cm³/mol. The fraction of sp³-hybridized carbons (Fsp3) is 0.154. The lowest BCUT2D eigenvalue weighted by Gasteiger charge is -2.18. The highest BCUT2D eigenvalue weighted by Crippen LogP contribution is 2.20. The summed E-state index contributed by atoms with van der Waals surface area (Å²) in [7, 11) is 1.86. The highest BCUT2D eigenvalue weighted by atomic mass is 16.3. The van der Waals surface area contributed by atoms with Gasteiger partial charge in [-0.3, -0.25) is 10.2 Å². The van der Waals surface area contributed by atoms with Crippen molar-refractivity contribution in [2.24, 2.45) is 5.84 Å². The minimum absolute atomic E-state index is 0.207. The number of nitrogens with two attached hydrogens (primary N) is 1. The number of rotatable bonds is 4. The summed E-state index contributed by atoms with van der Waals surface area (Å²) < 4.78 is 5.30. The Balaban J connectivity index is 2.15. The minimum atomic E-state index is -0.386. The zero-order valence-corrected chi connectivity index (χ0v) is 10.5. The molecule has 1 aromatic heterocycles. The highest BCUT2D eigenvalue weighted by Gasteiger charge is 2.15. The van der Waals surface area contributed by atoms with E-state index in [-0.39, 0.29) is 11.7 Å². The molecule has 100 valence electrons. The van der Waals surface area contributed by atoms with Gasteiger partial charge in [0.2, 0.25) is 0 Å². The number of hydrazine groups is 1. The molecule has 0 fully saturated rings. The number of aromatic hydroxyl groups is 1. The van der Waals surface area contributed by atoms with E-state index in [1.54, 1.807) is 30.3 Å². The van der Waals surface area contributed by atoms with Crippen molar-refractivity contribution in [2.75, 3.05) is 11.9 Å². The Kier molecular flexibility index (Phi) is 3.72. The van der Waals surface area contributed by atoms with Crippen LogP contribution in [0.3, 0.4) is 0 Å². The quantitative estimate of drug-likeness (QED) is 0.437. The van der Waals surface area contributed by atoms with Crippen LogP contribution in [0, 0.1) is 0 Å². The molecule has 0 aliphatic rings. The highest BCUT2D eigenvalue weighted by molar-refractivity contribution is 5.94. The first-order valence-corrected chi connectivity index (χ1v) is 5.69. The van der Waals surface area contributed by atoms with Crippen LogP contribution in [0.5, 0.6) is 5.75 Å². The van der Waals surface area contributed by atoms with Crippen LogP contribution in [0.2, 0.25) is 0 Å². The summed E-state index contributed by atoms with van der Waals surface area (Å²) in [4.78, 5) is 13.4. The van der Waals surface area contributed by atoms with E-state index >= 15 is 0 Å². The van der Waals surface area contributed by atoms with Gasteiger partial charge in [0.25, 0.3) is 5.91 Å². The zero-order valence-electron chi connectivity index (χ0n) is 10.5. The number of nitrogens with one attached hydrogen (secondary N) is 1. The zero-order chi connectivity index (χ0) is 13.8. The van der Waals surface area contributed by atoms with E-state index in [0.717, 1.165) is 5.69 Å². The molecular formula is C13H15N3O3. The third kappa shape index (κ3) is 2.86. The van der Waals surface area contributed by atoms with Gasteiger partial charge in [-0.15, -0.1) is 0 Å². The Hall–Kier alpha value is -2.47. The van der Waals surface area contributed by atoms with Gasteiger partial charge in [0, 0.05) is 12.7 Å². The average Bonchev–Trinajstić information content (AvgIpc) is 2.86. The molecule has 0 aliphatic carbocycles. The molecule has 0 spiro atoms. The van der Waals surface area contributed by atoms with Gasteiger partial charge in [0.1, 0.15) is 11.5 Å². The Labute approximate surface area is 110 Å². The monoisotopic (exact) mass is 261 g/mol. The Bertz CT molecular complexity index is 563. The van der Waals surface area contributed by atoms with Gasteiger partial charge in [0.15, 0.2) is 0 Å². The van der Waals surface area contributed by atoms with Crippen molar-refractivity contribution in [2.45, 2.75) is 6.54 Å². The number of anilines is 1. The molecule has 2 aromatic rings. The largest absolute Gasteiger partial charge is 0.508 e. The van der Waals surface area contributed by atoms with Crippen LogP contribution in [0.15, 0.2) is 41.0 Å². The van der Waals surface area contributed by atoms with E-state index in [1.807, 2.05) is 11.9 Å². The number of amides is 1. The molecule has 2 rings (SSSR count). The van der Waals surface area contributed by atoms with Crippen molar-refractivity contribution in [3.63, 3.8) is 0 Å². The SMILES string of the molecule is CN(Cc1occc1C(=O)NN)c1ccc(O)cc1. The van der Waals surface area contributed by atoms with Gasteiger partial charge in [-0.25, -0.2) is 5.84 Å². The van der Waals surface area contributed by atoms with Gasteiger partial charge < -0.3 is 14.4 Å². The Morgan fingerprint density at radius 2 is 2.05 bits per heavy atom. The number of phenolic OH excluding ortho intramolecular Hbond substituents is 1. The summed E-state index contributed by atoms with van der Waals surface area (Å²) in [6, 6.07) is 8.33. The topological polar surface area (TPSA) is 91.7 Å². The number of benzene rings is 1. The van der Waals surface area contributed by atoms with E-state index in [2.05, 4.69) is 5.43 Å². The Morgan fingerprint density at radius 3 is 2.68 bits per heavy atom. The van der Waals surface area contributed by atoms with Crippen LogP contribution in [0.4, 0.5) is 5.69 Å². The standard InChI is InChI=1S/C13H15N3O3/c1-16(9-2-4-10(17)5-3-9)8-12-11(6-7-19-12)13(18)15-14/h2-7,17H,8,14H2,1H3,(H,15,18). The maximum Gasteiger partial charge on any atom is 0.268 e. The summed E-state index contributed by atoms with van der Waals surface area (Å²) in [6.07, 6.45) is 1.45. The lowest BCUT2D eigenvalue weighted by molar-refractivity contribution is 0.0951. The van der Waals surface area contributed by atoms with Crippen molar-refractivity contribution in [1.82, 2.24) is 5.43 Å². The second-order valence-corrected chi connectivity index (χ2v) is 4.10. The first-order chi connectivity index (χ1) is 9.11. The molecule has 0 aliphatic heterocycles. The van der Waals surface area contributed by atoms with Crippen molar-refractivity contribution in [3.8, 4) is 5.75 Å². The molecule has 19 heavy (non-hydrogen) atoms. The molecule has 1 amide bonds. The van der Waals surface area contributed by atoms with Gasteiger partial charge in [-0.2, -0.15) is 0 Å². The molecular weight excluding hydrogens is 246 g/mol. The molecule has 6 heteroatoms. The normalized spacial score (nSPS) is 10.2. The third-order valence-corrected chi connectivity index (χ3v) is 2.79. The van der Waals surface area contributed by atoms with Crippen LogP contribution >= 0.6 is 0 Å². The lowest BCUT2D eigenvalue weighted by Crippen LogP contribution is -2.31. The van der Waals surface area contributed by atoms with Crippen LogP contribution in [0.25, 0.3) is 0 Å². The van der Waals surface area contributed by atoms with Gasteiger partial charge in [-0.1, -0.05) is 0 Å². The minimum Gasteiger partial charge on any atom is -0.508 e. The fourth-order valence-corrected chi connectivity index (χ4v) is 1.76. The molecule has 1 aromatic carbocycles. The van der Waals surface area contributed by atoms with Gasteiger partial charge >= 0.3 is 0 Å². The van der Waals surface area contributed by atoms with Gasteiger partial charge in [-0.05, 0) is 30.3 Å². The summed E-state index contributed by atoms with van der Waals surface area (Å²) in [5.41, 5.74) is 3.38. The maximum absolute atomic E-state index is 11.5. The first-order valence-electron chi connectivity index (χ1n) is 5.69. The van der Waals surface area contributed by atoms with Crippen LogP contribution < -0.4 is 16.2 Å². The molecule has 0 saturated carbocycles. The van der Waals surface area contributed by atoms with E-state index in [4.69, 9.17) is 10.3 Å². The van der Waals surface area contributed by atoms with E-state index in [0.29, 0.717) is 17.9 Å². The number of nitrogen functional groups attached to an aromatic ring is 1. The number of furan rings is 1. The summed E-state index contributed by atoms with van der Waals surface area (Å²) in [5.74, 6) is 5.46. The van der Waals surface area contributed by atoms with Crippen LogP contribution in [-0.2, 0) is 6.54 Å². The van der Waals surface area contributed by atoms with E-state index in [1.165, 1.54) is 6.26 Å². The molecule has 0 saturated heterocycles. The summed E-state index contributed by atoms with van der Waals surface area (Å²) >= 11 is 0. The first kappa shape index (κ1) is 13.0. The molecule has 6 nitrogen and oxygen atoms in total. The number of hydrogen-bond acceptors (Lipinski definition) is 5. The average molecular weight is 261 g/mol. The number of phenols is 1. The van der Waals surface area contributed by atoms with Crippen LogP contribution in [-0.4, -0.2) is 18.1 Å². The van der Waals surface area contributed by atoms with E-state index < -0.39 is 0 Å². The van der Waals surface area contributed by atoms with Crippen molar-refractivity contribution in [1.29, 1.82) is 0 Å². The second-order valence-electron chi connectivity index (χ2n) is 4.10. The smallest absolute Gasteiger partial charge is 0.268 e. The summed E-state index contributed by atoms with van der Waals surface area (Å²) in [5, 5.41) is 9.24. The van der Waals surface area contributed by atoms with Crippen molar-refractivity contribution < 1.29 is 14.3 Å². The predicted octanol–water partition coefficient (Wildman–Crippen LogP) is 1.23. The second kappa shape index (κ2) is 5.45. The molecule has 0 bridgehead atoms. The number of carbonyl (C=O) groups is 1. The molecule has 0 radical (unpaired) electrons.